The summed E-state index contributed by atoms with van der Waals surface area (Å²) in [6.45, 7) is 1.30. The van der Waals surface area contributed by atoms with E-state index in [9.17, 15) is 9.59 Å². The van der Waals surface area contributed by atoms with E-state index in [4.69, 9.17) is 0 Å². The van der Waals surface area contributed by atoms with Crippen molar-refractivity contribution in [2.24, 2.45) is 0 Å². The number of nitrogens with one attached hydrogen (secondary N) is 2. The second-order valence-corrected chi connectivity index (χ2v) is 5.42. The highest BCUT2D eigenvalue weighted by atomic mass is 35.5. The molecule has 0 heterocycles. The zero-order valence-corrected chi connectivity index (χ0v) is 14.6. The summed E-state index contributed by atoms with van der Waals surface area (Å²) in [5, 5.41) is 5.65. The predicted octanol–water partition coefficient (Wildman–Crippen LogP) is 2.65. The normalized spacial score (nSPS) is 9.96. The van der Waals surface area contributed by atoms with Crippen molar-refractivity contribution in [1.82, 2.24) is 10.2 Å². The van der Waals surface area contributed by atoms with Crippen LogP contribution in [-0.4, -0.2) is 43.9 Å². The van der Waals surface area contributed by atoms with E-state index in [1.54, 1.807) is 48.5 Å². The van der Waals surface area contributed by atoms with Gasteiger partial charge < -0.3 is 15.5 Å². The Labute approximate surface area is 148 Å². The van der Waals surface area contributed by atoms with Crippen molar-refractivity contribution in [2.75, 3.05) is 32.5 Å². The first kappa shape index (κ1) is 19.7. The molecule has 0 radical (unpaired) electrons. The predicted molar refractivity (Wildman–Crippen MR) is 99.0 cm³/mol. The van der Waals surface area contributed by atoms with Crippen LogP contribution in [0.25, 0.3) is 0 Å². The van der Waals surface area contributed by atoms with E-state index >= 15 is 0 Å². The maximum absolute atomic E-state index is 12.3. The highest BCUT2D eigenvalue weighted by Gasteiger charge is 2.13. The number of hydrogen-bond donors (Lipinski definition) is 2. The Morgan fingerprint density at radius 2 is 1.54 bits per heavy atom. The van der Waals surface area contributed by atoms with Crippen molar-refractivity contribution in [3.63, 3.8) is 0 Å². The van der Waals surface area contributed by atoms with Crippen LogP contribution in [0.15, 0.2) is 54.6 Å². The number of para-hydroxylation sites is 1. The van der Waals surface area contributed by atoms with Gasteiger partial charge in [-0.25, -0.2) is 0 Å². The fourth-order valence-electron chi connectivity index (χ4n) is 2.06. The molecule has 2 aromatic carbocycles. The van der Waals surface area contributed by atoms with Gasteiger partial charge in [0.15, 0.2) is 0 Å². The van der Waals surface area contributed by atoms with Crippen molar-refractivity contribution in [1.29, 1.82) is 0 Å². The van der Waals surface area contributed by atoms with Gasteiger partial charge in [0, 0.05) is 18.7 Å². The van der Waals surface area contributed by atoms with Crippen molar-refractivity contribution in [2.45, 2.75) is 0 Å². The standard InChI is InChI=1S/C18H21N3O2.ClH/c1-21(2)13-12-19-18(23)15-10-6-7-11-16(15)20-17(22)14-8-4-3-5-9-14;/h3-11H,12-13H2,1-2H3,(H,19,23)(H,20,22);1H. The zero-order chi connectivity index (χ0) is 16.7. The van der Waals surface area contributed by atoms with E-state index in [1.807, 2.05) is 25.1 Å². The van der Waals surface area contributed by atoms with Crippen LogP contribution < -0.4 is 10.6 Å². The molecule has 0 saturated carbocycles. The molecule has 0 atom stereocenters. The molecule has 6 heteroatoms. The van der Waals surface area contributed by atoms with Gasteiger partial charge in [0.05, 0.1) is 11.3 Å². The summed E-state index contributed by atoms with van der Waals surface area (Å²) in [6, 6.07) is 15.9. The second-order valence-electron chi connectivity index (χ2n) is 5.42. The molecule has 0 aliphatic carbocycles. The van der Waals surface area contributed by atoms with Crippen LogP contribution in [-0.2, 0) is 0 Å². The van der Waals surface area contributed by atoms with Crippen molar-refractivity contribution >= 4 is 29.9 Å². The fraction of sp³-hybridized carbons (Fsp3) is 0.222. The first-order valence-corrected chi connectivity index (χ1v) is 7.46. The SMILES string of the molecule is CN(C)CCNC(=O)c1ccccc1NC(=O)c1ccccc1.Cl. The number of halogens is 1. The second kappa shape index (κ2) is 9.70. The van der Waals surface area contributed by atoms with Crippen LogP contribution in [0.1, 0.15) is 20.7 Å². The zero-order valence-electron chi connectivity index (χ0n) is 13.8. The largest absolute Gasteiger partial charge is 0.351 e. The number of likely N-dealkylation sites (N-methyl/N-ethyl adjacent to an activating group) is 1. The third-order valence-corrected chi connectivity index (χ3v) is 3.30. The monoisotopic (exact) mass is 347 g/mol. The maximum Gasteiger partial charge on any atom is 0.255 e. The van der Waals surface area contributed by atoms with Crippen LogP contribution in [0.4, 0.5) is 5.69 Å². The molecule has 0 unspecified atom stereocenters. The van der Waals surface area contributed by atoms with Crippen LogP contribution in [0.5, 0.6) is 0 Å². The molecule has 0 fully saturated rings. The Balaban J connectivity index is 0.00000288. The summed E-state index contributed by atoms with van der Waals surface area (Å²) < 4.78 is 0. The van der Waals surface area contributed by atoms with Gasteiger partial charge in [0.25, 0.3) is 11.8 Å². The van der Waals surface area contributed by atoms with Crippen molar-refractivity contribution in [3.05, 3.63) is 65.7 Å². The fourth-order valence-corrected chi connectivity index (χ4v) is 2.06. The number of anilines is 1. The molecule has 128 valence electrons. The molecular formula is C18H22ClN3O2. The summed E-state index contributed by atoms with van der Waals surface area (Å²) in [7, 11) is 3.89. The minimum atomic E-state index is -0.237. The molecule has 0 saturated heterocycles. The lowest BCUT2D eigenvalue weighted by atomic mass is 10.1. The Bertz CT molecular complexity index is 675. The molecule has 0 aliphatic heterocycles. The lowest BCUT2D eigenvalue weighted by Crippen LogP contribution is -2.32. The quantitative estimate of drug-likeness (QED) is 0.844. The highest BCUT2D eigenvalue weighted by molar-refractivity contribution is 6.08. The lowest BCUT2D eigenvalue weighted by molar-refractivity contribution is 0.0952. The molecular weight excluding hydrogens is 326 g/mol. The summed E-state index contributed by atoms with van der Waals surface area (Å²) in [5.74, 6) is -0.435. The van der Waals surface area contributed by atoms with Gasteiger partial charge in [-0.15, -0.1) is 12.4 Å². The third kappa shape index (κ3) is 5.68. The molecule has 24 heavy (non-hydrogen) atoms. The Morgan fingerprint density at radius 3 is 2.21 bits per heavy atom. The molecule has 2 amide bonds. The summed E-state index contributed by atoms with van der Waals surface area (Å²) in [5.41, 5.74) is 1.51. The summed E-state index contributed by atoms with van der Waals surface area (Å²) in [6.07, 6.45) is 0. The number of nitrogens with zero attached hydrogens (tertiary/aromatic N) is 1. The molecule has 2 rings (SSSR count). The molecule has 0 aromatic heterocycles. The van der Waals surface area contributed by atoms with Gasteiger partial charge in [-0.1, -0.05) is 30.3 Å². The molecule has 0 spiro atoms. The van der Waals surface area contributed by atoms with Gasteiger partial charge in [-0.3, -0.25) is 9.59 Å². The minimum absolute atomic E-state index is 0. The Hall–Kier alpha value is -2.37. The minimum Gasteiger partial charge on any atom is -0.351 e. The average molecular weight is 348 g/mol. The summed E-state index contributed by atoms with van der Waals surface area (Å²) in [4.78, 5) is 26.5. The van der Waals surface area contributed by atoms with Crippen LogP contribution >= 0.6 is 12.4 Å². The maximum atomic E-state index is 12.3. The van der Waals surface area contributed by atoms with Crippen LogP contribution in [0.2, 0.25) is 0 Å². The van der Waals surface area contributed by atoms with E-state index in [-0.39, 0.29) is 24.2 Å². The number of amides is 2. The molecule has 2 N–H and O–H groups in total. The number of hydrogen-bond acceptors (Lipinski definition) is 3. The molecule has 5 nitrogen and oxygen atoms in total. The highest BCUT2D eigenvalue weighted by Crippen LogP contribution is 2.16. The van der Waals surface area contributed by atoms with E-state index in [0.29, 0.717) is 23.4 Å². The van der Waals surface area contributed by atoms with Gasteiger partial charge in [0.1, 0.15) is 0 Å². The number of carbonyl (C=O) groups is 2. The van der Waals surface area contributed by atoms with Gasteiger partial charge in [0.2, 0.25) is 0 Å². The molecule has 2 aromatic rings. The number of benzene rings is 2. The Kier molecular flexibility index (Phi) is 7.95. The van der Waals surface area contributed by atoms with E-state index in [1.165, 1.54) is 0 Å². The van der Waals surface area contributed by atoms with E-state index in [0.717, 1.165) is 6.54 Å². The van der Waals surface area contributed by atoms with Crippen molar-refractivity contribution < 1.29 is 9.59 Å². The number of carbonyl (C=O) groups excluding carboxylic acids is 2. The number of rotatable bonds is 6. The van der Waals surface area contributed by atoms with Gasteiger partial charge >= 0.3 is 0 Å². The van der Waals surface area contributed by atoms with E-state index in [2.05, 4.69) is 10.6 Å². The smallest absolute Gasteiger partial charge is 0.255 e. The first-order chi connectivity index (χ1) is 11.1. The van der Waals surface area contributed by atoms with Crippen molar-refractivity contribution in [3.8, 4) is 0 Å². The topological polar surface area (TPSA) is 61.4 Å². The van der Waals surface area contributed by atoms with Gasteiger partial charge in [-0.2, -0.15) is 0 Å². The van der Waals surface area contributed by atoms with E-state index < -0.39 is 0 Å². The summed E-state index contributed by atoms with van der Waals surface area (Å²) >= 11 is 0. The third-order valence-electron chi connectivity index (χ3n) is 3.30. The van der Waals surface area contributed by atoms with Crippen LogP contribution in [0, 0.1) is 0 Å². The average Bonchev–Trinajstić information content (AvgIpc) is 2.55. The van der Waals surface area contributed by atoms with Gasteiger partial charge in [-0.05, 0) is 38.4 Å². The lowest BCUT2D eigenvalue weighted by Gasteiger charge is -2.13. The first-order valence-electron chi connectivity index (χ1n) is 7.46. The molecule has 0 bridgehead atoms. The molecule has 0 aliphatic rings. The Morgan fingerprint density at radius 1 is 0.917 bits per heavy atom. The van der Waals surface area contributed by atoms with Crippen LogP contribution in [0.3, 0.4) is 0 Å².